The van der Waals surface area contributed by atoms with Gasteiger partial charge in [-0.2, -0.15) is 0 Å². The molecule has 0 aliphatic carbocycles. The van der Waals surface area contributed by atoms with Gasteiger partial charge in [0.2, 0.25) is 5.89 Å². The molecule has 0 fully saturated rings. The number of halogens is 2. The number of anilines is 1. The maximum atomic E-state index is 13.3. The molecule has 2 aromatic carbocycles. The summed E-state index contributed by atoms with van der Waals surface area (Å²) >= 11 is 5.94. The van der Waals surface area contributed by atoms with Crippen molar-refractivity contribution >= 4 is 28.4 Å². The molecule has 3 rings (SSSR count). The molecule has 0 amide bonds. The number of nitrogens with two attached hydrogens (primary N) is 1. The summed E-state index contributed by atoms with van der Waals surface area (Å²) < 4.78 is 18.9. The number of aryl methyl sites for hydroxylation is 1. The second-order valence-corrected chi connectivity index (χ2v) is 4.70. The Bertz CT molecular complexity index is 762. The molecular formula is C14H10ClFN2O. The number of nitrogens with zero attached hydrogens (tertiary/aromatic N) is 1. The van der Waals surface area contributed by atoms with Gasteiger partial charge in [0.05, 0.1) is 10.6 Å². The summed E-state index contributed by atoms with van der Waals surface area (Å²) in [6.45, 7) is 1.91. The van der Waals surface area contributed by atoms with Crippen LogP contribution in [0.5, 0.6) is 0 Å². The van der Waals surface area contributed by atoms with Crippen molar-refractivity contribution in [3.8, 4) is 11.5 Å². The van der Waals surface area contributed by atoms with Gasteiger partial charge < -0.3 is 10.2 Å². The molecule has 96 valence electrons. The highest BCUT2D eigenvalue weighted by Gasteiger charge is 2.16. The van der Waals surface area contributed by atoms with E-state index in [1.165, 1.54) is 12.1 Å². The normalized spacial score (nSPS) is 11.1. The van der Waals surface area contributed by atoms with Crippen molar-refractivity contribution < 1.29 is 8.81 Å². The van der Waals surface area contributed by atoms with Crippen molar-refractivity contribution in [1.29, 1.82) is 0 Å². The number of hydrogen-bond acceptors (Lipinski definition) is 3. The first kappa shape index (κ1) is 12.0. The van der Waals surface area contributed by atoms with Crippen molar-refractivity contribution in [3.63, 3.8) is 0 Å². The summed E-state index contributed by atoms with van der Waals surface area (Å²) in [7, 11) is 0. The Hall–Kier alpha value is -2.07. The molecule has 0 aliphatic rings. The van der Waals surface area contributed by atoms with Gasteiger partial charge >= 0.3 is 0 Å². The quantitative estimate of drug-likeness (QED) is 0.678. The number of fused-ring (bicyclic) bond motifs is 1. The highest BCUT2D eigenvalue weighted by molar-refractivity contribution is 6.34. The van der Waals surface area contributed by atoms with Gasteiger partial charge in [0.25, 0.3) is 0 Å². The fraction of sp³-hybridized carbons (Fsp3) is 0.0714. The van der Waals surface area contributed by atoms with Crippen LogP contribution in [-0.2, 0) is 0 Å². The van der Waals surface area contributed by atoms with E-state index in [1.54, 1.807) is 6.07 Å². The summed E-state index contributed by atoms with van der Waals surface area (Å²) in [5.74, 6) is -0.104. The minimum absolute atomic E-state index is 0.195. The maximum Gasteiger partial charge on any atom is 0.229 e. The monoisotopic (exact) mass is 276 g/mol. The van der Waals surface area contributed by atoms with Crippen molar-refractivity contribution in [2.45, 2.75) is 6.92 Å². The zero-order valence-electron chi connectivity index (χ0n) is 10.1. The third kappa shape index (κ3) is 1.94. The van der Waals surface area contributed by atoms with E-state index in [-0.39, 0.29) is 5.02 Å². The van der Waals surface area contributed by atoms with Gasteiger partial charge in [-0.05, 0) is 24.6 Å². The molecule has 0 saturated carbocycles. The van der Waals surface area contributed by atoms with E-state index in [2.05, 4.69) is 4.98 Å². The van der Waals surface area contributed by atoms with Gasteiger partial charge in [-0.15, -0.1) is 0 Å². The minimum Gasteiger partial charge on any atom is -0.434 e. The summed E-state index contributed by atoms with van der Waals surface area (Å²) in [5, 5.41) is 0.195. The van der Waals surface area contributed by atoms with E-state index in [4.69, 9.17) is 21.8 Å². The first-order chi connectivity index (χ1) is 9.06. The van der Waals surface area contributed by atoms with Gasteiger partial charge in [-0.1, -0.05) is 23.7 Å². The van der Waals surface area contributed by atoms with Crippen molar-refractivity contribution in [2.24, 2.45) is 0 Å². The van der Waals surface area contributed by atoms with Crippen LogP contribution in [0.2, 0.25) is 5.02 Å². The Morgan fingerprint density at radius 1 is 1.32 bits per heavy atom. The number of rotatable bonds is 1. The summed E-state index contributed by atoms with van der Waals surface area (Å²) in [6.07, 6.45) is 0. The standard InChI is InChI=1S/C14H10ClFN2O/c1-7-3-2-4-10(17)12(7)14-18-11-6-8(16)5-9(15)13(11)19-14/h2-6H,17H2,1H3. The average Bonchev–Trinajstić information content (AvgIpc) is 2.72. The Kier molecular flexibility index (Phi) is 2.68. The predicted molar refractivity (Wildman–Crippen MR) is 73.6 cm³/mol. The van der Waals surface area contributed by atoms with Crippen molar-refractivity contribution in [1.82, 2.24) is 4.98 Å². The number of benzene rings is 2. The molecule has 1 heterocycles. The van der Waals surface area contributed by atoms with Gasteiger partial charge in [-0.3, -0.25) is 0 Å². The lowest BCUT2D eigenvalue weighted by atomic mass is 10.1. The first-order valence-corrected chi connectivity index (χ1v) is 6.05. The number of nitrogen functional groups attached to an aromatic ring is 1. The molecule has 0 unspecified atom stereocenters. The molecule has 0 radical (unpaired) electrons. The van der Waals surface area contributed by atoms with Crippen LogP contribution in [0.4, 0.5) is 10.1 Å². The second-order valence-electron chi connectivity index (χ2n) is 4.29. The molecule has 0 bridgehead atoms. The second kappa shape index (κ2) is 4.24. The van der Waals surface area contributed by atoms with Crippen LogP contribution < -0.4 is 5.73 Å². The molecule has 0 aliphatic heterocycles. The van der Waals surface area contributed by atoms with Crippen LogP contribution in [0.3, 0.4) is 0 Å². The first-order valence-electron chi connectivity index (χ1n) is 5.67. The molecular weight excluding hydrogens is 267 g/mol. The molecule has 2 N–H and O–H groups in total. The van der Waals surface area contributed by atoms with Gasteiger partial charge in [0.15, 0.2) is 5.58 Å². The van der Waals surface area contributed by atoms with E-state index >= 15 is 0 Å². The maximum absolute atomic E-state index is 13.3. The molecule has 0 saturated heterocycles. The average molecular weight is 277 g/mol. The lowest BCUT2D eigenvalue weighted by Gasteiger charge is -2.04. The molecule has 0 spiro atoms. The highest BCUT2D eigenvalue weighted by Crippen LogP contribution is 2.34. The largest absolute Gasteiger partial charge is 0.434 e. The molecule has 1 aromatic heterocycles. The SMILES string of the molecule is Cc1cccc(N)c1-c1nc2cc(F)cc(Cl)c2o1. The Labute approximate surface area is 113 Å². The van der Waals surface area contributed by atoms with Crippen LogP contribution in [0.15, 0.2) is 34.7 Å². The van der Waals surface area contributed by atoms with Gasteiger partial charge in [-0.25, -0.2) is 9.37 Å². The smallest absolute Gasteiger partial charge is 0.229 e. The zero-order valence-corrected chi connectivity index (χ0v) is 10.8. The van der Waals surface area contributed by atoms with Gasteiger partial charge in [0.1, 0.15) is 11.3 Å². The lowest BCUT2D eigenvalue weighted by Crippen LogP contribution is -1.92. The van der Waals surface area contributed by atoms with Crippen LogP contribution >= 0.6 is 11.6 Å². The minimum atomic E-state index is -0.449. The Morgan fingerprint density at radius 2 is 2.11 bits per heavy atom. The zero-order chi connectivity index (χ0) is 13.6. The number of aromatic nitrogens is 1. The van der Waals surface area contributed by atoms with E-state index < -0.39 is 5.82 Å². The number of oxazole rings is 1. The topological polar surface area (TPSA) is 52.0 Å². The third-order valence-electron chi connectivity index (χ3n) is 2.93. The summed E-state index contributed by atoms with van der Waals surface area (Å²) in [5.41, 5.74) is 8.87. The molecule has 3 nitrogen and oxygen atoms in total. The Morgan fingerprint density at radius 3 is 2.84 bits per heavy atom. The van der Waals surface area contributed by atoms with Crippen LogP contribution in [0, 0.1) is 12.7 Å². The summed E-state index contributed by atoms with van der Waals surface area (Å²) in [4.78, 5) is 4.26. The summed E-state index contributed by atoms with van der Waals surface area (Å²) in [6, 6.07) is 7.99. The van der Waals surface area contributed by atoms with Crippen LogP contribution in [0.25, 0.3) is 22.6 Å². The number of hydrogen-bond donors (Lipinski definition) is 1. The Balaban J connectivity index is 2.30. The van der Waals surface area contributed by atoms with Crippen molar-refractivity contribution in [3.05, 3.63) is 46.7 Å². The van der Waals surface area contributed by atoms with Crippen LogP contribution in [-0.4, -0.2) is 4.98 Å². The van der Waals surface area contributed by atoms with Gasteiger partial charge in [0, 0.05) is 11.8 Å². The van der Waals surface area contributed by atoms with Crippen LogP contribution in [0.1, 0.15) is 5.56 Å². The molecule has 3 aromatic rings. The van der Waals surface area contributed by atoms with E-state index in [0.717, 1.165) is 5.56 Å². The molecule has 0 atom stereocenters. The van der Waals surface area contributed by atoms with E-state index in [1.807, 2.05) is 19.1 Å². The van der Waals surface area contributed by atoms with E-state index in [0.29, 0.717) is 28.2 Å². The third-order valence-corrected chi connectivity index (χ3v) is 3.21. The lowest BCUT2D eigenvalue weighted by molar-refractivity contribution is 0.614. The van der Waals surface area contributed by atoms with E-state index in [9.17, 15) is 4.39 Å². The predicted octanol–water partition coefficient (Wildman–Crippen LogP) is 4.18. The molecule has 5 heteroatoms. The fourth-order valence-electron chi connectivity index (χ4n) is 2.05. The highest BCUT2D eigenvalue weighted by atomic mass is 35.5. The van der Waals surface area contributed by atoms with Crippen molar-refractivity contribution in [2.75, 3.05) is 5.73 Å². The molecule has 19 heavy (non-hydrogen) atoms. The fourth-order valence-corrected chi connectivity index (χ4v) is 2.29.